The van der Waals surface area contributed by atoms with Crippen molar-refractivity contribution in [3.63, 3.8) is 0 Å². The van der Waals surface area contributed by atoms with Crippen LogP contribution in [-0.2, 0) is 16.6 Å². The number of ether oxygens (including phenoxy) is 1. The number of amides is 1. The van der Waals surface area contributed by atoms with E-state index in [-0.39, 0.29) is 16.8 Å². The minimum Gasteiger partial charge on any atom is -0.488 e. The van der Waals surface area contributed by atoms with Crippen molar-refractivity contribution in [3.05, 3.63) is 108 Å². The van der Waals surface area contributed by atoms with Crippen LogP contribution < -0.4 is 14.8 Å². The summed E-state index contributed by atoms with van der Waals surface area (Å²) in [5, 5.41) is 2.78. The lowest BCUT2D eigenvalue weighted by atomic mass is 10.1. The van der Waals surface area contributed by atoms with Crippen molar-refractivity contribution in [2.75, 3.05) is 10.0 Å². The van der Waals surface area contributed by atoms with E-state index < -0.39 is 10.0 Å². The average molecular weight is 475 g/mol. The SMILES string of the molecule is Cc1ccccc1COc1ccccc1C(=O)Nc1ccc(S(=O)(=O)Nc2ncccn2)cc1. The fraction of sp³-hybridized carbons (Fsp3) is 0.0800. The maximum Gasteiger partial charge on any atom is 0.264 e. The summed E-state index contributed by atoms with van der Waals surface area (Å²) in [5.41, 5.74) is 2.95. The summed E-state index contributed by atoms with van der Waals surface area (Å²) in [7, 11) is -3.86. The molecule has 3 aromatic carbocycles. The van der Waals surface area contributed by atoms with Gasteiger partial charge >= 0.3 is 0 Å². The van der Waals surface area contributed by atoms with Gasteiger partial charge in [-0.3, -0.25) is 4.79 Å². The van der Waals surface area contributed by atoms with E-state index in [0.717, 1.165) is 11.1 Å². The zero-order valence-electron chi connectivity index (χ0n) is 18.3. The molecule has 4 aromatic rings. The number of sulfonamides is 1. The van der Waals surface area contributed by atoms with E-state index in [4.69, 9.17) is 4.74 Å². The van der Waals surface area contributed by atoms with Crippen LogP contribution in [0.5, 0.6) is 5.75 Å². The number of hydrogen-bond donors (Lipinski definition) is 2. The van der Waals surface area contributed by atoms with Crippen LogP contribution in [0.25, 0.3) is 0 Å². The molecular weight excluding hydrogens is 452 g/mol. The van der Waals surface area contributed by atoms with Gasteiger partial charge in [0.2, 0.25) is 5.95 Å². The highest BCUT2D eigenvalue weighted by Gasteiger charge is 2.17. The summed E-state index contributed by atoms with van der Waals surface area (Å²) in [6, 6.07) is 22.2. The van der Waals surface area contributed by atoms with Gasteiger partial charge in [0.05, 0.1) is 10.5 Å². The predicted octanol–water partition coefficient (Wildman–Crippen LogP) is 4.42. The second-order valence-electron chi connectivity index (χ2n) is 7.37. The Morgan fingerprint density at radius 1 is 0.882 bits per heavy atom. The minimum atomic E-state index is -3.86. The standard InChI is InChI=1S/C25H22N4O4S/c1-18-7-2-3-8-19(18)17-33-23-10-5-4-9-22(23)24(30)28-20-11-13-21(14-12-20)34(31,32)29-25-26-15-6-16-27-25/h2-16H,17H2,1H3,(H,28,30)(H,26,27,29). The molecule has 0 unspecified atom stereocenters. The van der Waals surface area contributed by atoms with Crippen molar-refractivity contribution in [1.82, 2.24) is 9.97 Å². The van der Waals surface area contributed by atoms with Crippen LogP contribution in [0.4, 0.5) is 11.6 Å². The lowest BCUT2D eigenvalue weighted by Gasteiger charge is -2.13. The molecule has 0 atom stereocenters. The Bertz CT molecular complexity index is 1390. The zero-order chi connectivity index (χ0) is 24.0. The van der Waals surface area contributed by atoms with E-state index in [1.165, 1.54) is 36.7 Å². The van der Waals surface area contributed by atoms with Gasteiger partial charge in [-0.15, -0.1) is 0 Å². The van der Waals surface area contributed by atoms with Crippen LogP contribution in [0, 0.1) is 6.92 Å². The molecule has 34 heavy (non-hydrogen) atoms. The molecule has 1 amide bonds. The molecule has 0 spiro atoms. The topological polar surface area (TPSA) is 110 Å². The fourth-order valence-electron chi connectivity index (χ4n) is 3.15. The van der Waals surface area contributed by atoms with E-state index in [9.17, 15) is 13.2 Å². The first-order valence-corrected chi connectivity index (χ1v) is 11.9. The molecule has 8 nitrogen and oxygen atoms in total. The number of rotatable bonds is 8. The second kappa shape index (κ2) is 10.1. The summed E-state index contributed by atoms with van der Waals surface area (Å²) < 4.78 is 33.3. The first-order valence-electron chi connectivity index (χ1n) is 10.4. The molecule has 0 saturated carbocycles. The molecule has 0 aliphatic heterocycles. The number of nitrogens with one attached hydrogen (secondary N) is 2. The van der Waals surface area contributed by atoms with Gasteiger partial charge in [-0.05, 0) is 60.5 Å². The monoisotopic (exact) mass is 474 g/mol. The first kappa shape index (κ1) is 22.9. The number of nitrogens with zero attached hydrogens (tertiary/aromatic N) is 2. The maximum absolute atomic E-state index is 12.9. The highest BCUT2D eigenvalue weighted by atomic mass is 32.2. The van der Waals surface area contributed by atoms with Crippen LogP contribution >= 0.6 is 0 Å². The first-order chi connectivity index (χ1) is 16.4. The molecule has 1 aromatic heterocycles. The summed E-state index contributed by atoms with van der Waals surface area (Å²) in [6.45, 7) is 2.34. The molecule has 0 bridgehead atoms. The number of aryl methyl sites for hydroxylation is 1. The lowest BCUT2D eigenvalue weighted by molar-refractivity contribution is 0.102. The normalized spacial score (nSPS) is 11.0. The number of benzene rings is 3. The number of carbonyl (C=O) groups excluding carboxylic acids is 1. The maximum atomic E-state index is 12.9. The third-order valence-corrected chi connectivity index (χ3v) is 6.33. The lowest BCUT2D eigenvalue weighted by Crippen LogP contribution is -2.16. The number of aromatic nitrogens is 2. The molecular formula is C25H22N4O4S. The molecule has 1 heterocycles. The van der Waals surface area contributed by atoms with E-state index in [1.54, 1.807) is 30.3 Å². The van der Waals surface area contributed by atoms with Gasteiger partial charge in [-0.25, -0.2) is 23.1 Å². The summed E-state index contributed by atoms with van der Waals surface area (Å²) in [6.07, 6.45) is 2.87. The highest BCUT2D eigenvalue weighted by Crippen LogP contribution is 2.23. The van der Waals surface area contributed by atoms with Gasteiger partial charge < -0.3 is 10.1 Å². The molecule has 4 rings (SSSR count). The van der Waals surface area contributed by atoms with Gasteiger partial charge in [-0.2, -0.15) is 0 Å². The Morgan fingerprint density at radius 2 is 1.56 bits per heavy atom. The van der Waals surface area contributed by atoms with Crippen molar-refractivity contribution in [2.24, 2.45) is 0 Å². The fourth-order valence-corrected chi connectivity index (χ4v) is 4.11. The van der Waals surface area contributed by atoms with Gasteiger partial charge in [0.25, 0.3) is 15.9 Å². The molecule has 0 aliphatic rings. The number of para-hydroxylation sites is 1. The second-order valence-corrected chi connectivity index (χ2v) is 9.05. The number of anilines is 2. The van der Waals surface area contributed by atoms with E-state index in [0.29, 0.717) is 23.6 Å². The Kier molecular flexibility index (Phi) is 6.84. The van der Waals surface area contributed by atoms with Gasteiger partial charge in [0, 0.05) is 18.1 Å². The molecule has 2 N–H and O–H groups in total. The number of carbonyl (C=O) groups is 1. The van der Waals surface area contributed by atoms with E-state index in [2.05, 4.69) is 20.0 Å². The number of hydrogen-bond acceptors (Lipinski definition) is 6. The van der Waals surface area contributed by atoms with Crippen molar-refractivity contribution in [2.45, 2.75) is 18.4 Å². The average Bonchev–Trinajstić information content (AvgIpc) is 2.84. The highest BCUT2D eigenvalue weighted by molar-refractivity contribution is 7.92. The quantitative estimate of drug-likeness (QED) is 0.391. The van der Waals surface area contributed by atoms with E-state index >= 15 is 0 Å². The zero-order valence-corrected chi connectivity index (χ0v) is 19.1. The largest absolute Gasteiger partial charge is 0.488 e. The molecule has 0 radical (unpaired) electrons. The van der Waals surface area contributed by atoms with Crippen molar-refractivity contribution in [1.29, 1.82) is 0 Å². The van der Waals surface area contributed by atoms with Crippen LogP contribution in [0.15, 0.2) is 96.2 Å². The Morgan fingerprint density at radius 3 is 2.29 bits per heavy atom. The van der Waals surface area contributed by atoms with Crippen molar-refractivity contribution >= 4 is 27.6 Å². The smallest absolute Gasteiger partial charge is 0.264 e. The summed E-state index contributed by atoms with van der Waals surface area (Å²) in [4.78, 5) is 20.6. The van der Waals surface area contributed by atoms with Crippen LogP contribution in [-0.4, -0.2) is 24.3 Å². The third kappa shape index (κ3) is 5.57. The van der Waals surface area contributed by atoms with Crippen LogP contribution in [0.2, 0.25) is 0 Å². The predicted molar refractivity (Wildman–Crippen MR) is 129 cm³/mol. The van der Waals surface area contributed by atoms with Crippen molar-refractivity contribution < 1.29 is 17.9 Å². The molecule has 172 valence electrons. The molecule has 0 fully saturated rings. The van der Waals surface area contributed by atoms with Gasteiger partial charge in [0.15, 0.2) is 0 Å². The molecule has 9 heteroatoms. The molecule has 0 saturated heterocycles. The van der Waals surface area contributed by atoms with Crippen LogP contribution in [0.1, 0.15) is 21.5 Å². The van der Waals surface area contributed by atoms with Gasteiger partial charge in [-0.1, -0.05) is 36.4 Å². The van der Waals surface area contributed by atoms with E-state index in [1.807, 2.05) is 31.2 Å². The minimum absolute atomic E-state index is 0.0138. The van der Waals surface area contributed by atoms with Crippen molar-refractivity contribution in [3.8, 4) is 5.75 Å². The molecule has 0 aliphatic carbocycles. The summed E-state index contributed by atoms with van der Waals surface area (Å²) >= 11 is 0. The Hall–Kier alpha value is -4.24. The Balaban J connectivity index is 1.44. The summed E-state index contributed by atoms with van der Waals surface area (Å²) in [5.74, 6) is 0.0588. The van der Waals surface area contributed by atoms with Crippen LogP contribution in [0.3, 0.4) is 0 Å². The Labute approximate surface area is 197 Å². The van der Waals surface area contributed by atoms with Gasteiger partial charge in [0.1, 0.15) is 12.4 Å². The third-order valence-electron chi connectivity index (χ3n) is 4.99.